The fourth-order valence-corrected chi connectivity index (χ4v) is 1.69. The highest BCUT2D eigenvalue weighted by molar-refractivity contribution is 5.81. The number of carboxylic acids is 2. The van der Waals surface area contributed by atoms with Crippen LogP contribution in [0.2, 0.25) is 0 Å². The van der Waals surface area contributed by atoms with E-state index in [0.29, 0.717) is 23.7 Å². The van der Waals surface area contributed by atoms with Crippen molar-refractivity contribution in [2.24, 2.45) is 5.10 Å². The molecule has 0 heterocycles. The second kappa shape index (κ2) is 9.29. The van der Waals surface area contributed by atoms with Gasteiger partial charge < -0.3 is 19.7 Å². The topological polar surface area (TPSA) is 109 Å². The van der Waals surface area contributed by atoms with Gasteiger partial charge in [-0.1, -0.05) is 6.92 Å². The molecule has 0 fully saturated rings. The van der Waals surface area contributed by atoms with E-state index in [1.807, 2.05) is 6.92 Å². The second-order valence-electron chi connectivity index (χ2n) is 4.61. The Kier molecular flexibility index (Phi) is 7.38. The number of methoxy groups -OCH3 is 1. The molecule has 8 nitrogen and oxygen atoms in total. The fraction of sp³-hybridized carbons (Fsp3) is 0.400. The van der Waals surface area contributed by atoms with Crippen LogP contribution >= 0.6 is 0 Å². The summed E-state index contributed by atoms with van der Waals surface area (Å²) in [6, 6.07) is 5.11. The predicted octanol–water partition coefficient (Wildman–Crippen LogP) is 1.29. The van der Waals surface area contributed by atoms with E-state index in [4.69, 9.17) is 19.7 Å². The van der Waals surface area contributed by atoms with E-state index >= 15 is 0 Å². The summed E-state index contributed by atoms with van der Waals surface area (Å²) < 4.78 is 10.8. The average molecular weight is 324 g/mol. The minimum atomic E-state index is -1.16. The monoisotopic (exact) mass is 324 g/mol. The normalized spacial score (nSPS) is 10.5. The smallest absolute Gasteiger partial charge is 0.324 e. The molecule has 0 aliphatic heterocycles. The zero-order chi connectivity index (χ0) is 17.2. The molecule has 0 saturated carbocycles. The van der Waals surface area contributed by atoms with Crippen LogP contribution < -0.4 is 9.47 Å². The van der Waals surface area contributed by atoms with Gasteiger partial charge in [0.15, 0.2) is 11.5 Å². The van der Waals surface area contributed by atoms with Crippen LogP contribution in [0.3, 0.4) is 0 Å². The molecule has 0 unspecified atom stereocenters. The summed E-state index contributed by atoms with van der Waals surface area (Å²) in [5.74, 6) is -1.21. The number of hydrogen-bond donors (Lipinski definition) is 2. The minimum absolute atomic E-state index is 0.502. The SMILES string of the molecule is CCCOc1ccc(/C=N\N(CC(=O)O)CC(=O)O)cc1OC. The Morgan fingerprint density at radius 1 is 1.22 bits per heavy atom. The lowest BCUT2D eigenvalue weighted by Gasteiger charge is -2.14. The van der Waals surface area contributed by atoms with Gasteiger partial charge in [-0.3, -0.25) is 14.6 Å². The van der Waals surface area contributed by atoms with E-state index in [0.717, 1.165) is 11.4 Å². The van der Waals surface area contributed by atoms with Crippen molar-refractivity contribution in [3.8, 4) is 11.5 Å². The fourth-order valence-electron chi connectivity index (χ4n) is 1.69. The molecule has 0 aromatic heterocycles. The van der Waals surface area contributed by atoms with Gasteiger partial charge in [-0.05, 0) is 30.2 Å². The Morgan fingerprint density at radius 3 is 2.39 bits per heavy atom. The van der Waals surface area contributed by atoms with Crippen LogP contribution in [0, 0.1) is 0 Å². The van der Waals surface area contributed by atoms with Crippen molar-refractivity contribution in [1.29, 1.82) is 0 Å². The maximum absolute atomic E-state index is 10.7. The molecule has 2 N–H and O–H groups in total. The molecule has 0 amide bonds. The number of nitrogens with zero attached hydrogens (tertiary/aromatic N) is 2. The number of carboxylic acid groups (broad SMARTS) is 2. The summed E-state index contributed by atoms with van der Waals surface area (Å²) in [5, 5.41) is 22.3. The van der Waals surface area contributed by atoms with Gasteiger partial charge in [0.25, 0.3) is 0 Å². The van der Waals surface area contributed by atoms with Crippen LogP contribution in [-0.2, 0) is 9.59 Å². The minimum Gasteiger partial charge on any atom is -0.493 e. The molecule has 1 aromatic rings. The molecule has 1 rings (SSSR count). The summed E-state index contributed by atoms with van der Waals surface area (Å²) in [7, 11) is 1.51. The van der Waals surface area contributed by atoms with E-state index in [1.54, 1.807) is 18.2 Å². The Hall–Kier alpha value is -2.77. The first-order chi connectivity index (χ1) is 11.0. The van der Waals surface area contributed by atoms with Gasteiger partial charge in [-0.2, -0.15) is 5.10 Å². The zero-order valence-corrected chi connectivity index (χ0v) is 13.1. The lowest BCUT2D eigenvalue weighted by molar-refractivity contribution is -0.141. The third kappa shape index (κ3) is 6.68. The van der Waals surface area contributed by atoms with Crippen LogP contribution in [0.25, 0.3) is 0 Å². The van der Waals surface area contributed by atoms with Crippen molar-refractivity contribution in [3.63, 3.8) is 0 Å². The molecule has 0 spiro atoms. The van der Waals surface area contributed by atoms with Crippen molar-refractivity contribution in [2.45, 2.75) is 13.3 Å². The highest BCUT2D eigenvalue weighted by Gasteiger charge is 2.11. The van der Waals surface area contributed by atoms with Gasteiger partial charge in [0.2, 0.25) is 0 Å². The Labute approximate surface area is 133 Å². The maximum Gasteiger partial charge on any atom is 0.324 e. The van der Waals surface area contributed by atoms with E-state index in [1.165, 1.54) is 13.3 Å². The van der Waals surface area contributed by atoms with Crippen LogP contribution in [0.5, 0.6) is 11.5 Å². The summed E-state index contributed by atoms with van der Waals surface area (Å²) in [4.78, 5) is 21.4. The van der Waals surface area contributed by atoms with Crippen LogP contribution in [0.4, 0.5) is 0 Å². The number of ether oxygens (including phenoxy) is 2. The van der Waals surface area contributed by atoms with Crippen molar-refractivity contribution < 1.29 is 29.3 Å². The van der Waals surface area contributed by atoms with Gasteiger partial charge in [0.1, 0.15) is 13.1 Å². The number of hydrogen-bond acceptors (Lipinski definition) is 6. The number of carbonyl (C=O) groups is 2. The molecular weight excluding hydrogens is 304 g/mol. The van der Waals surface area contributed by atoms with Crippen molar-refractivity contribution in [1.82, 2.24) is 5.01 Å². The summed E-state index contributed by atoms with van der Waals surface area (Å²) in [6.07, 6.45) is 2.24. The first kappa shape index (κ1) is 18.3. The van der Waals surface area contributed by atoms with Gasteiger partial charge in [-0.15, -0.1) is 0 Å². The molecule has 0 aliphatic carbocycles. The molecule has 0 radical (unpaired) electrons. The Bertz CT molecular complexity index is 557. The van der Waals surface area contributed by atoms with Gasteiger partial charge in [0, 0.05) is 0 Å². The van der Waals surface area contributed by atoms with E-state index < -0.39 is 25.0 Å². The first-order valence-corrected chi connectivity index (χ1v) is 6.99. The summed E-state index contributed by atoms with van der Waals surface area (Å²) in [5.41, 5.74) is 0.631. The van der Waals surface area contributed by atoms with Gasteiger partial charge >= 0.3 is 11.9 Å². The average Bonchev–Trinajstić information content (AvgIpc) is 2.49. The van der Waals surface area contributed by atoms with Crippen LogP contribution in [0.1, 0.15) is 18.9 Å². The van der Waals surface area contributed by atoms with E-state index in [9.17, 15) is 9.59 Å². The first-order valence-electron chi connectivity index (χ1n) is 6.99. The molecule has 8 heteroatoms. The molecule has 0 aliphatic rings. The molecule has 0 saturated heterocycles. The molecular formula is C15H20N2O6. The molecule has 0 atom stereocenters. The maximum atomic E-state index is 10.7. The number of aliphatic carboxylic acids is 2. The number of hydrazone groups is 1. The highest BCUT2D eigenvalue weighted by atomic mass is 16.5. The molecule has 23 heavy (non-hydrogen) atoms. The van der Waals surface area contributed by atoms with E-state index in [-0.39, 0.29) is 0 Å². The number of rotatable bonds is 10. The van der Waals surface area contributed by atoms with Crippen LogP contribution in [-0.4, -0.2) is 60.2 Å². The zero-order valence-electron chi connectivity index (χ0n) is 13.1. The second-order valence-corrected chi connectivity index (χ2v) is 4.61. The Balaban J connectivity index is 2.87. The molecule has 126 valence electrons. The lowest BCUT2D eigenvalue weighted by atomic mass is 10.2. The summed E-state index contributed by atoms with van der Waals surface area (Å²) >= 11 is 0. The molecule has 1 aromatic carbocycles. The quantitative estimate of drug-likeness (QED) is 0.493. The van der Waals surface area contributed by atoms with Gasteiger partial charge in [-0.25, -0.2) is 0 Å². The molecule has 0 bridgehead atoms. The van der Waals surface area contributed by atoms with E-state index in [2.05, 4.69) is 5.10 Å². The Morgan fingerprint density at radius 2 is 1.87 bits per heavy atom. The lowest BCUT2D eigenvalue weighted by Crippen LogP contribution is -2.30. The van der Waals surface area contributed by atoms with Crippen LogP contribution in [0.15, 0.2) is 23.3 Å². The van der Waals surface area contributed by atoms with Crippen molar-refractivity contribution in [3.05, 3.63) is 23.8 Å². The standard InChI is InChI=1S/C15H20N2O6/c1-3-6-23-12-5-4-11(7-13(12)22-2)8-16-17(9-14(18)19)10-15(20)21/h4-5,7-8H,3,6,9-10H2,1-2H3,(H,18,19)(H,20,21)/b16-8-. The third-order valence-electron chi connectivity index (χ3n) is 2.66. The summed E-state index contributed by atoms with van der Waals surface area (Å²) in [6.45, 7) is 1.55. The largest absolute Gasteiger partial charge is 0.493 e. The predicted molar refractivity (Wildman–Crippen MR) is 83.2 cm³/mol. The third-order valence-corrected chi connectivity index (χ3v) is 2.66. The van der Waals surface area contributed by atoms with Crippen molar-refractivity contribution in [2.75, 3.05) is 26.8 Å². The highest BCUT2D eigenvalue weighted by Crippen LogP contribution is 2.27. The van der Waals surface area contributed by atoms with Gasteiger partial charge in [0.05, 0.1) is 19.9 Å². The number of benzene rings is 1. The van der Waals surface area contributed by atoms with Crippen molar-refractivity contribution >= 4 is 18.2 Å².